The lowest BCUT2D eigenvalue weighted by molar-refractivity contribution is 0.0135. The topological polar surface area (TPSA) is 108 Å². The number of benzene rings is 1. The Bertz CT molecular complexity index is 1360. The molecule has 3 heterocycles. The van der Waals surface area contributed by atoms with Gasteiger partial charge in [-0.2, -0.15) is 0 Å². The molecular weight excluding hydrogens is 475 g/mol. The molecule has 1 saturated heterocycles. The maximum absolute atomic E-state index is 14.2. The van der Waals surface area contributed by atoms with E-state index in [1.807, 2.05) is 25.1 Å². The molecule has 1 aromatic heterocycles. The van der Waals surface area contributed by atoms with Gasteiger partial charge in [0.2, 0.25) is 0 Å². The van der Waals surface area contributed by atoms with Crippen molar-refractivity contribution in [3.05, 3.63) is 81.3 Å². The van der Waals surface area contributed by atoms with E-state index in [2.05, 4.69) is 16.9 Å². The number of allylic oxidation sites excluding steroid dienone is 1. The van der Waals surface area contributed by atoms with E-state index < -0.39 is 6.17 Å². The lowest BCUT2D eigenvalue weighted by Crippen LogP contribution is -2.32. The Balaban J connectivity index is 1.52. The summed E-state index contributed by atoms with van der Waals surface area (Å²) in [6.45, 7) is 7.68. The highest BCUT2D eigenvalue weighted by Gasteiger charge is 2.21. The first-order chi connectivity index (χ1) is 17.9. The minimum atomic E-state index is -1.24. The van der Waals surface area contributed by atoms with E-state index >= 15 is 0 Å². The molecule has 37 heavy (non-hydrogen) atoms. The van der Waals surface area contributed by atoms with Crippen LogP contribution in [-0.2, 0) is 20.8 Å². The van der Waals surface area contributed by atoms with E-state index in [0.717, 1.165) is 10.8 Å². The zero-order valence-corrected chi connectivity index (χ0v) is 21.0. The molecule has 4 rings (SSSR count). The zero-order valence-electron chi connectivity index (χ0n) is 21.0. The number of amides is 1. The first kappa shape index (κ1) is 26.2. The van der Waals surface area contributed by atoms with Crippen molar-refractivity contribution in [1.82, 2.24) is 10.3 Å². The number of ether oxygens (including phenoxy) is 3. The number of carbonyl (C=O) groups excluding carboxylic acids is 1. The Labute approximate surface area is 215 Å². The van der Waals surface area contributed by atoms with Gasteiger partial charge in [-0.3, -0.25) is 9.79 Å². The lowest BCUT2D eigenvalue weighted by atomic mass is 9.99. The molecule has 0 spiro atoms. The number of hydrogen-bond donors (Lipinski definition) is 2. The van der Waals surface area contributed by atoms with E-state index in [1.54, 1.807) is 30.5 Å². The summed E-state index contributed by atoms with van der Waals surface area (Å²) in [5.41, 5.74) is 9.53. The fraction of sp³-hybridized carbons (Fsp3) is 0.321. The van der Waals surface area contributed by atoms with Gasteiger partial charge in [0, 0.05) is 18.3 Å². The average Bonchev–Trinajstić information content (AvgIpc) is 2.88. The van der Waals surface area contributed by atoms with E-state index in [4.69, 9.17) is 24.9 Å². The maximum Gasteiger partial charge on any atom is 0.251 e. The molecule has 2 aliphatic heterocycles. The largest absolute Gasteiger partial charge is 0.482 e. The normalized spacial score (nSPS) is 19.3. The lowest BCUT2D eigenvalue weighted by Gasteiger charge is -2.21. The molecule has 0 bridgehead atoms. The van der Waals surface area contributed by atoms with Crippen molar-refractivity contribution in [1.29, 1.82) is 0 Å². The molecule has 2 aliphatic rings. The monoisotopic (exact) mass is 506 g/mol. The van der Waals surface area contributed by atoms with Gasteiger partial charge in [-0.15, -0.1) is 0 Å². The minimum Gasteiger partial charge on any atom is -0.482 e. The van der Waals surface area contributed by atoms with Crippen molar-refractivity contribution in [2.45, 2.75) is 25.7 Å². The summed E-state index contributed by atoms with van der Waals surface area (Å²) in [7, 11) is 1.49. The number of halogens is 1. The molecule has 1 atom stereocenters. The smallest absolute Gasteiger partial charge is 0.251 e. The summed E-state index contributed by atoms with van der Waals surface area (Å²) in [6.07, 6.45) is 4.16. The standard InChI is InChI=1S/C28H31FN4O4/c1-4-18-7-8-25(23(27(30)35-3)12-31-21-14-37-15-21)33-26(18)9-17(2)11-32-28(34)19-5-6-20-13-36-16-24(29)22(20)10-19/h4-10,12,21,24H,2,11,13-16,30H2,1,3H3,(H,32,34)/b18-4-,26-9+,27-23-,31-12?. The molecule has 9 heteroatoms. The highest BCUT2D eigenvalue weighted by molar-refractivity contribution is 6.09. The third-order valence-corrected chi connectivity index (χ3v) is 6.15. The second-order valence-electron chi connectivity index (χ2n) is 8.79. The van der Waals surface area contributed by atoms with Crippen molar-refractivity contribution in [2.24, 2.45) is 10.7 Å². The van der Waals surface area contributed by atoms with E-state index in [9.17, 15) is 9.18 Å². The zero-order chi connectivity index (χ0) is 26.4. The molecule has 1 aromatic carbocycles. The number of rotatable bonds is 8. The fourth-order valence-corrected chi connectivity index (χ4v) is 3.91. The second-order valence-corrected chi connectivity index (χ2v) is 8.79. The number of carbonyl (C=O) groups is 1. The van der Waals surface area contributed by atoms with Crippen LogP contribution in [0.25, 0.3) is 17.7 Å². The van der Waals surface area contributed by atoms with E-state index in [-0.39, 0.29) is 31.0 Å². The van der Waals surface area contributed by atoms with Crippen molar-refractivity contribution in [3.8, 4) is 0 Å². The maximum atomic E-state index is 14.2. The minimum absolute atomic E-state index is 0.000462. The third kappa shape index (κ3) is 6.31. The predicted octanol–water partition coefficient (Wildman–Crippen LogP) is 1.93. The van der Waals surface area contributed by atoms with Crippen molar-refractivity contribution >= 4 is 29.8 Å². The van der Waals surface area contributed by atoms with Gasteiger partial charge in [-0.1, -0.05) is 24.8 Å². The van der Waals surface area contributed by atoms with Crippen LogP contribution in [0.4, 0.5) is 4.39 Å². The Kier molecular flexibility index (Phi) is 8.47. The van der Waals surface area contributed by atoms with Crippen LogP contribution in [-0.4, -0.2) is 56.6 Å². The Morgan fingerprint density at radius 3 is 2.81 bits per heavy atom. The highest BCUT2D eigenvalue weighted by atomic mass is 19.1. The van der Waals surface area contributed by atoms with Gasteiger partial charge < -0.3 is 25.3 Å². The average molecular weight is 507 g/mol. The van der Waals surface area contributed by atoms with Gasteiger partial charge in [0.25, 0.3) is 5.91 Å². The highest BCUT2D eigenvalue weighted by Crippen LogP contribution is 2.28. The number of aromatic nitrogens is 1. The quantitative estimate of drug-likeness (QED) is 0.419. The van der Waals surface area contributed by atoms with Crippen LogP contribution in [0.3, 0.4) is 0 Å². The molecule has 0 radical (unpaired) electrons. The summed E-state index contributed by atoms with van der Waals surface area (Å²) in [6, 6.07) is 8.85. The van der Waals surface area contributed by atoms with Gasteiger partial charge in [0.1, 0.15) is 6.17 Å². The number of nitrogens with zero attached hydrogens (tertiary/aromatic N) is 2. The summed E-state index contributed by atoms with van der Waals surface area (Å²) < 4.78 is 29.8. The van der Waals surface area contributed by atoms with E-state index in [1.165, 1.54) is 7.11 Å². The van der Waals surface area contributed by atoms with Gasteiger partial charge >= 0.3 is 0 Å². The van der Waals surface area contributed by atoms with Crippen LogP contribution < -0.4 is 21.6 Å². The van der Waals surface area contributed by atoms with Crippen LogP contribution in [0.2, 0.25) is 0 Å². The molecule has 0 aliphatic carbocycles. The Morgan fingerprint density at radius 2 is 2.11 bits per heavy atom. The number of nitrogens with two attached hydrogens (primary N) is 1. The Hall–Kier alpha value is -3.82. The molecule has 0 saturated carbocycles. The molecule has 1 fully saturated rings. The van der Waals surface area contributed by atoms with Crippen molar-refractivity contribution in [3.63, 3.8) is 0 Å². The number of nitrogens with one attached hydrogen (secondary N) is 1. The molecule has 2 aromatic rings. The van der Waals surface area contributed by atoms with Gasteiger partial charge in [-0.05, 0) is 53.1 Å². The SMILES string of the molecule is C=C(/C=c1/nc(/C(C=NC2COC2)=C(/N)OC)cc/c1=C/C)CNC(=O)c1ccc2c(c1)C(F)COC2. The third-order valence-electron chi connectivity index (χ3n) is 6.15. The summed E-state index contributed by atoms with van der Waals surface area (Å²) in [5.74, 6) is -0.108. The van der Waals surface area contributed by atoms with Crippen LogP contribution >= 0.6 is 0 Å². The summed E-state index contributed by atoms with van der Waals surface area (Å²) >= 11 is 0. The first-order valence-corrected chi connectivity index (χ1v) is 12.0. The van der Waals surface area contributed by atoms with Gasteiger partial charge in [-0.25, -0.2) is 9.37 Å². The predicted molar refractivity (Wildman–Crippen MR) is 141 cm³/mol. The molecule has 3 N–H and O–H groups in total. The van der Waals surface area contributed by atoms with Gasteiger partial charge in [0.05, 0.1) is 56.2 Å². The van der Waals surface area contributed by atoms with Crippen molar-refractivity contribution in [2.75, 3.05) is 33.5 Å². The summed E-state index contributed by atoms with van der Waals surface area (Å²) in [4.78, 5) is 22.0. The van der Waals surface area contributed by atoms with Crippen LogP contribution in [0.5, 0.6) is 0 Å². The fourth-order valence-electron chi connectivity index (χ4n) is 3.91. The first-order valence-electron chi connectivity index (χ1n) is 12.0. The number of pyridine rings is 1. The number of alkyl halides is 1. The molecular formula is C28H31FN4O4. The second kappa shape index (κ2) is 11.9. The molecule has 194 valence electrons. The molecule has 8 nitrogen and oxygen atoms in total. The van der Waals surface area contributed by atoms with Crippen LogP contribution in [0.1, 0.15) is 40.3 Å². The Morgan fingerprint density at radius 1 is 1.30 bits per heavy atom. The number of methoxy groups -OCH3 is 1. The van der Waals surface area contributed by atoms with Gasteiger partial charge in [0.15, 0.2) is 5.88 Å². The number of hydrogen-bond acceptors (Lipinski definition) is 7. The number of fused-ring (bicyclic) bond motifs is 1. The molecule has 1 unspecified atom stereocenters. The van der Waals surface area contributed by atoms with Crippen LogP contribution in [0, 0.1) is 0 Å². The molecule has 1 amide bonds. The number of aliphatic imine (C=N–C) groups is 1. The van der Waals surface area contributed by atoms with E-state index in [0.29, 0.717) is 53.1 Å². The van der Waals surface area contributed by atoms with Crippen molar-refractivity contribution < 1.29 is 23.4 Å². The van der Waals surface area contributed by atoms with Crippen LogP contribution in [0.15, 0.2) is 53.4 Å². The summed E-state index contributed by atoms with van der Waals surface area (Å²) in [5, 5.41) is 4.40.